The summed E-state index contributed by atoms with van der Waals surface area (Å²) in [5.41, 5.74) is 2.57. The van der Waals surface area contributed by atoms with Crippen LogP contribution >= 0.6 is 11.3 Å². The molecule has 6 nitrogen and oxygen atoms in total. The Morgan fingerprint density at radius 2 is 1.60 bits per heavy atom. The second-order valence-electron chi connectivity index (χ2n) is 9.17. The summed E-state index contributed by atoms with van der Waals surface area (Å²) in [6.45, 7) is 3.31. The molecule has 0 unspecified atom stereocenters. The van der Waals surface area contributed by atoms with Crippen LogP contribution in [0.15, 0.2) is 60.0 Å². The Hall–Kier alpha value is -3.26. The van der Waals surface area contributed by atoms with E-state index in [2.05, 4.69) is 0 Å². The molecule has 0 saturated carbocycles. The van der Waals surface area contributed by atoms with Crippen LogP contribution in [0.3, 0.4) is 0 Å². The second kappa shape index (κ2) is 10.6. The first-order chi connectivity index (χ1) is 17.1. The third-order valence-electron chi connectivity index (χ3n) is 6.80. The predicted octanol–water partition coefficient (Wildman–Crippen LogP) is 5.41. The van der Waals surface area contributed by atoms with Crippen LogP contribution in [-0.2, 0) is 11.3 Å². The molecule has 0 radical (unpaired) electrons. The van der Waals surface area contributed by atoms with Crippen molar-refractivity contribution in [1.29, 1.82) is 0 Å². The highest BCUT2D eigenvalue weighted by Crippen LogP contribution is 2.31. The van der Waals surface area contributed by atoms with Crippen LogP contribution in [0.25, 0.3) is 11.3 Å². The minimum atomic E-state index is -0.292. The molecule has 0 atom stereocenters. The van der Waals surface area contributed by atoms with Crippen molar-refractivity contribution in [3.8, 4) is 11.3 Å². The van der Waals surface area contributed by atoms with E-state index in [1.165, 1.54) is 23.5 Å². The lowest BCUT2D eigenvalue weighted by Crippen LogP contribution is -2.48. The fourth-order valence-electron chi connectivity index (χ4n) is 4.79. The number of amides is 3. The van der Waals surface area contributed by atoms with Gasteiger partial charge in [-0.15, -0.1) is 11.3 Å². The first-order valence-electron chi connectivity index (χ1n) is 12.2. The Morgan fingerprint density at radius 1 is 0.943 bits per heavy atom. The third kappa shape index (κ3) is 5.37. The molecule has 2 fully saturated rings. The van der Waals surface area contributed by atoms with Crippen LogP contribution < -0.4 is 4.90 Å². The van der Waals surface area contributed by atoms with Crippen molar-refractivity contribution in [2.45, 2.75) is 32.2 Å². The van der Waals surface area contributed by atoms with E-state index in [1.807, 2.05) is 45.5 Å². The highest BCUT2D eigenvalue weighted by Gasteiger charge is 2.33. The number of rotatable bonds is 5. The van der Waals surface area contributed by atoms with E-state index in [9.17, 15) is 14.0 Å². The fourth-order valence-corrected chi connectivity index (χ4v) is 5.63. The maximum atomic E-state index is 13.8. The van der Waals surface area contributed by atoms with Crippen molar-refractivity contribution in [2.24, 2.45) is 5.92 Å². The van der Waals surface area contributed by atoms with Gasteiger partial charge < -0.3 is 9.80 Å². The van der Waals surface area contributed by atoms with Gasteiger partial charge in [0.15, 0.2) is 5.13 Å². The first-order valence-corrected chi connectivity index (χ1v) is 13.1. The van der Waals surface area contributed by atoms with Crippen LogP contribution in [0.5, 0.6) is 0 Å². The molecule has 0 spiro atoms. The predicted molar refractivity (Wildman–Crippen MR) is 136 cm³/mol. The quantitative estimate of drug-likeness (QED) is 0.479. The number of thiazole rings is 1. The molecule has 2 saturated heterocycles. The standard InChI is InChI=1S/C27H29FN4O2S/c28-23-10-8-21(9-11-23)24-19-35-26(29-24)32(18-20-6-2-1-3-7-20)25(33)22-12-16-31(17-13-22)27(34)30-14-4-5-15-30/h1-3,6-11,19,22H,4-5,12-18H2. The number of halogens is 1. The second-order valence-corrected chi connectivity index (χ2v) is 10.0. The average Bonchev–Trinajstić information content (AvgIpc) is 3.61. The van der Waals surface area contributed by atoms with E-state index < -0.39 is 0 Å². The van der Waals surface area contributed by atoms with Gasteiger partial charge in [-0.05, 0) is 55.5 Å². The molecular weight excluding hydrogens is 463 g/mol. The first kappa shape index (κ1) is 23.5. The van der Waals surface area contributed by atoms with Gasteiger partial charge in [-0.2, -0.15) is 0 Å². The van der Waals surface area contributed by atoms with Crippen molar-refractivity contribution in [3.05, 3.63) is 71.4 Å². The van der Waals surface area contributed by atoms with Gasteiger partial charge in [0, 0.05) is 43.0 Å². The summed E-state index contributed by atoms with van der Waals surface area (Å²) >= 11 is 1.42. The summed E-state index contributed by atoms with van der Waals surface area (Å²) in [6, 6.07) is 16.2. The van der Waals surface area contributed by atoms with Crippen LogP contribution in [0.4, 0.5) is 14.3 Å². The number of nitrogens with zero attached hydrogens (tertiary/aromatic N) is 4. The highest BCUT2D eigenvalue weighted by molar-refractivity contribution is 7.14. The van der Waals surface area contributed by atoms with E-state index in [0.717, 1.165) is 42.8 Å². The van der Waals surface area contributed by atoms with Gasteiger partial charge in [0.2, 0.25) is 5.91 Å². The molecule has 8 heteroatoms. The van der Waals surface area contributed by atoms with Crippen molar-refractivity contribution in [1.82, 2.24) is 14.8 Å². The third-order valence-corrected chi connectivity index (χ3v) is 7.67. The van der Waals surface area contributed by atoms with Crippen molar-refractivity contribution >= 4 is 28.4 Å². The molecule has 0 aliphatic carbocycles. The van der Waals surface area contributed by atoms with Gasteiger partial charge >= 0.3 is 6.03 Å². The Labute approximate surface area is 209 Å². The number of aromatic nitrogens is 1. The van der Waals surface area contributed by atoms with E-state index in [0.29, 0.717) is 37.6 Å². The molecule has 182 valence electrons. The molecule has 0 N–H and O–H groups in total. The van der Waals surface area contributed by atoms with Crippen LogP contribution in [0.1, 0.15) is 31.2 Å². The zero-order chi connectivity index (χ0) is 24.2. The van der Waals surface area contributed by atoms with Gasteiger partial charge in [0.1, 0.15) is 5.82 Å². The molecule has 1 aromatic heterocycles. The zero-order valence-electron chi connectivity index (χ0n) is 19.6. The summed E-state index contributed by atoms with van der Waals surface area (Å²) in [7, 11) is 0. The number of hydrogen-bond acceptors (Lipinski definition) is 4. The lowest BCUT2D eigenvalue weighted by molar-refractivity contribution is -0.123. The smallest absolute Gasteiger partial charge is 0.319 e. The summed E-state index contributed by atoms with van der Waals surface area (Å²) in [5.74, 6) is -0.402. The number of carbonyl (C=O) groups is 2. The number of urea groups is 1. The summed E-state index contributed by atoms with van der Waals surface area (Å²) in [4.78, 5) is 36.9. The Kier molecular flexibility index (Phi) is 7.08. The van der Waals surface area contributed by atoms with Crippen LogP contribution in [-0.4, -0.2) is 52.9 Å². The summed E-state index contributed by atoms with van der Waals surface area (Å²) in [5, 5.41) is 2.54. The van der Waals surface area contributed by atoms with Gasteiger partial charge in [-0.1, -0.05) is 30.3 Å². The van der Waals surface area contributed by atoms with Crippen molar-refractivity contribution in [2.75, 3.05) is 31.1 Å². The Balaban J connectivity index is 1.32. The maximum Gasteiger partial charge on any atom is 0.319 e. The average molecular weight is 493 g/mol. The van der Waals surface area contributed by atoms with Gasteiger partial charge in [-0.25, -0.2) is 14.2 Å². The highest BCUT2D eigenvalue weighted by atomic mass is 32.1. The van der Waals surface area contributed by atoms with Crippen molar-refractivity contribution in [3.63, 3.8) is 0 Å². The molecule has 2 aliphatic rings. The number of anilines is 1. The van der Waals surface area contributed by atoms with Crippen LogP contribution in [0.2, 0.25) is 0 Å². The van der Waals surface area contributed by atoms with Gasteiger partial charge in [0.05, 0.1) is 12.2 Å². The van der Waals surface area contributed by atoms with E-state index >= 15 is 0 Å². The zero-order valence-corrected chi connectivity index (χ0v) is 20.4. The lowest BCUT2D eigenvalue weighted by Gasteiger charge is -2.35. The molecule has 2 aromatic carbocycles. The van der Waals surface area contributed by atoms with E-state index in [1.54, 1.807) is 17.0 Å². The maximum absolute atomic E-state index is 13.8. The molecule has 0 bridgehead atoms. The molecule has 3 heterocycles. The minimum Gasteiger partial charge on any atom is -0.325 e. The van der Waals surface area contributed by atoms with Gasteiger partial charge in [0.25, 0.3) is 0 Å². The van der Waals surface area contributed by atoms with Gasteiger partial charge in [-0.3, -0.25) is 9.69 Å². The van der Waals surface area contributed by atoms with Crippen LogP contribution in [0, 0.1) is 11.7 Å². The largest absolute Gasteiger partial charge is 0.325 e. The summed E-state index contributed by atoms with van der Waals surface area (Å²) < 4.78 is 13.4. The number of benzene rings is 2. The Morgan fingerprint density at radius 3 is 2.29 bits per heavy atom. The normalized spacial score (nSPS) is 16.5. The topological polar surface area (TPSA) is 56.8 Å². The van der Waals surface area contributed by atoms with E-state index in [4.69, 9.17) is 4.98 Å². The SMILES string of the molecule is O=C(N1CCCC1)N1CCC(C(=O)N(Cc2ccccc2)c2nc(-c3ccc(F)cc3)cs2)CC1. The number of hydrogen-bond donors (Lipinski definition) is 0. The molecule has 3 aromatic rings. The Bertz CT molecular complexity index is 1150. The molecule has 35 heavy (non-hydrogen) atoms. The number of likely N-dealkylation sites (tertiary alicyclic amines) is 2. The molecule has 5 rings (SSSR count). The lowest BCUT2D eigenvalue weighted by atomic mass is 9.95. The van der Waals surface area contributed by atoms with E-state index in [-0.39, 0.29) is 23.7 Å². The number of piperidine rings is 1. The van der Waals surface area contributed by atoms with Crippen molar-refractivity contribution < 1.29 is 14.0 Å². The monoisotopic (exact) mass is 492 g/mol. The summed E-state index contributed by atoms with van der Waals surface area (Å²) in [6.07, 6.45) is 3.45. The molecule has 2 aliphatic heterocycles. The minimum absolute atomic E-state index is 0.0436. The number of carbonyl (C=O) groups excluding carboxylic acids is 2. The molecule has 3 amide bonds. The molecular formula is C27H29FN4O2S. The fraction of sp³-hybridized carbons (Fsp3) is 0.370.